The summed E-state index contributed by atoms with van der Waals surface area (Å²) in [6, 6.07) is 65.5. The van der Waals surface area contributed by atoms with E-state index in [1.165, 1.54) is 76.7 Å². The lowest BCUT2D eigenvalue weighted by Gasteiger charge is -2.15. The molecule has 2 heterocycles. The van der Waals surface area contributed by atoms with Crippen LogP contribution in [0.1, 0.15) is 0 Å². The molecule has 2 nitrogen and oxygen atoms in total. The van der Waals surface area contributed by atoms with Crippen LogP contribution in [0.5, 0.6) is 0 Å². The minimum Gasteiger partial charge on any atom is -0.309 e. The smallest absolute Gasteiger partial charge is 0.0722 e. The van der Waals surface area contributed by atoms with Crippen molar-refractivity contribution >= 4 is 54.3 Å². The summed E-state index contributed by atoms with van der Waals surface area (Å²) < 4.78 is 2.42. The molecule has 228 valence electrons. The van der Waals surface area contributed by atoms with Crippen LogP contribution in [-0.2, 0) is 0 Å². The minimum atomic E-state index is 0.972. The molecule has 0 bridgehead atoms. The Bertz CT molecular complexity index is 2810. The molecule has 0 unspecified atom stereocenters. The first-order valence-electron chi connectivity index (χ1n) is 16.8. The SMILES string of the molecule is c1ccc(-c2cc(-c3ccc(-c4ccc(-n5c6ccccc6c6ccccc65)c5ccccc45)cc3)nc3ccc4ccccc4c23)cc1. The van der Waals surface area contributed by atoms with Crippen LogP contribution in [0.25, 0.3) is 93.5 Å². The van der Waals surface area contributed by atoms with E-state index >= 15 is 0 Å². The highest BCUT2D eigenvalue weighted by Gasteiger charge is 2.16. The average molecular weight is 623 g/mol. The predicted molar refractivity (Wildman–Crippen MR) is 207 cm³/mol. The number of aromatic nitrogens is 2. The van der Waals surface area contributed by atoms with Gasteiger partial charge in [0.2, 0.25) is 0 Å². The van der Waals surface area contributed by atoms with Crippen molar-refractivity contribution in [2.75, 3.05) is 0 Å². The fraction of sp³-hybridized carbons (Fsp3) is 0. The fourth-order valence-corrected chi connectivity index (χ4v) is 7.73. The van der Waals surface area contributed by atoms with Gasteiger partial charge in [0.25, 0.3) is 0 Å². The van der Waals surface area contributed by atoms with E-state index in [0.29, 0.717) is 0 Å². The molecule has 2 aromatic heterocycles. The molecule has 2 heteroatoms. The standard InChI is InChI=1S/C47H30N2/c1-2-12-31(13-3-1)41-30-43(48-42-28-26-32-14-4-5-15-36(32)47(41)42)34-24-22-33(23-25-34)35-27-29-46(38-17-7-6-16-37(35)38)49-44-20-10-8-18-39(44)40-19-9-11-21-45(40)49/h1-30H. The topological polar surface area (TPSA) is 17.8 Å². The lowest BCUT2D eigenvalue weighted by atomic mass is 9.93. The Morgan fingerprint density at radius 3 is 1.67 bits per heavy atom. The number of fused-ring (bicyclic) bond motifs is 7. The zero-order valence-electron chi connectivity index (χ0n) is 26.7. The summed E-state index contributed by atoms with van der Waals surface area (Å²) in [4.78, 5) is 5.22. The third kappa shape index (κ3) is 4.38. The number of rotatable bonds is 4. The number of hydrogen-bond acceptors (Lipinski definition) is 1. The maximum atomic E-state index is 5.22. The van der Waals surface area contributed by atoms with Crippen molar-refractivity contribution in [2.24, 2.45) is 0 Å². The van der Waals surface area contributed by atoms with Crippen molar-refractivity contribution in [1.29, 1.82) is 0 Å². The molecule has 10 aromatic rings. The van der Waals surface area contributed by atoms with Gasteiger partial charge in [-0.1, -0.05) is 152 Å². The molecular formula is C47H30N2. The molecule has 0 spiro atoms. The Labute approximate surface area is 284 Å². The number of nitrogens with zero attached hydrogens (tertiary/aromatic N) is 2. The Kier molecular flexibility index (Phi) is 6.22. The average Bonchev–Trinajstić information content (AvgIpc) is 3.51. The zero-order valence-corrected chi connectivity index (χ0v) is 26.7. The van der Waals surface area contributed by atoms with Crippen LogP contribution in [0.4, 0.5) is 0 Å². The lowest BCUT2D eigenvalue weighted by molar-refractivity contribution is 1.20. The monoisotopic (exact) mass is 622 g/mol. The van der Waals surface area contributed by atoms with Gasteiger partial charge in [0, 0.05) is 27.1 Å². The van der Waals surface area contributed by atoms with Gasteiger partial charge in [0.1, 0.15) is 0 Å². The summed E-state index contributed by atoms with van der Waals surface area (Å²) in [5, 5.41) is 8.65. The molecule has 0 N–H and O–H groups in total. The third-order valence-corrected chi connectivity index (χ3v) is 10.00. The molecule has 0 saturated heterocycles. The van der Waals surface area contributed by atoms with E-state index in [4.69, 9.17) is 4.98 Å². The molecule has 0 amide bonds. The van der Waals surface area contributed by atoms with E-state index in [9.17, 15) is 0 Å². The van der Waals surface area contributed by atoms with E-state index in [2.05, 4.69) is 187 Å². The number of hydrogen-bond donors (Lipinski definition) is 0. The van der Waals surface area contributed by atoms with E-state index in [1.807, 2.05) is 0 Å². The molecule has 0 aliphatic carbocycles. The molecule has 0 saturated carbocycles. The second-order valence-electron chi connectivity index (χ2n) is 12.7. The summed E-state index contributed by atoms with van der Waals surface area (Å²) in [6.07, 6.45) is 0. The second-order valence-corrected chi connectivity index (χ2v) is 12.7. The molecule has 0 radical (unpaired) electrons. The van der Waals surface area contributed by atoms with Crippen molar-refractivity contribution < 1.29 is 0 Å². The second kappa shape index (κ2) is 11.0. The van der Waals surface area contributed by atoms with Gasteiger partial charge in [-0.05, 0) is 68.7 Å². The summed E-state index contributed by atoms with van der Waals surface area (Å²) in [7, 11) is 0. The van der Waals surface area contributed by atoms with Crippen molar-refractivity contribution in [2.45, 2.75) is 0 Å². The Morgan fingerprint density at radius 2 is 0.939 bits per heavy atom. The van der Waals surface area contributed by atoms with Gasteiger partial charge in [0.15, 0.2) is 0 Å². The van der Waals surface area contributed by atoms with Gasteiger partial charge < -0.3 is 4.57 Å². The van der Waals surface area contributed by atoms with Crippen molar-refractivity contribution in [3.63, 3.8) is 0 Å². The normalized spacial score (nSPS) is 11.7. The maximum absolute atomic E-state index is 5.22. The molecule has 0 aliphatic heterocycles. The van der Waals surface area contributed by atoms with E-state index in [1.54, 1.807) is 0 Å². The van der Waals surface area contributed by atoms with E-state index in [0.717, 1.165) is 16.8 Å². The highest BCUT2D eigenvalue weighted by molar-refractivity contribution is 6.14. The van der Waals surface area contributed by atoms with E-state index < -0.39 is 0 Å². The first-order chi connectivity index (χ1) is 24.3. The molecule has 8 aromatic carbocycles. The van der Waals surface area contributed by atoms with Gasteiger partial charge in [-0.15, -0.1) is 0 Å². The first kappa shape index (κ1) is 27.6. The van der Waals surface area contributed by atoms with Crippen molar-refractivity contribution in [3.05, 3.63) is 182 Å². The minimum absolute atomic E-state index is 0.972. The number of pyridine rings is 1. The highest BCUT2D eigenvalue weighted by Crippen LogP contribution is 2.40. The molecule has 0 atom stereocenters. The molecule has 10 rings (SSSR count). The van der Waals surface area contributed by atoms with Crippen LogP contribution in [0.2, 0.25) is 0 Å². The van der Waals surface area contributed by atoms with Crippen LogP contribution in [0.15, 0.2) is 182 Å². The summed E-state index contributed by atoms with van der Waals surface area (Å²) in [6.45, 7) is 0. The van der Waals surface area contributed by atoms with Gasteiger partial charge in [-0.25, -0.2) is 4.98 Å². The third-order valence-electron chi connectivity index (χ3n) is 10.00. The van der Waals surface area contributed by atoms with Gasteiger partial charge in [0.05, 0.1) is 27.9 Å². The lowest BCUT2D eigenvalue weighted by Crippen LogP contribution is -1.96. The number of benzene rings is 8. The molecular weight excluding hydrogens is 593 g/mol. The molecule has 49 heavy (non-hydrogen) atoms. The maximum Gasteiger partial charge on any atom is 0.0722 e. The largest absolute Gasteiger partial charge is 0.309 e. The quantitative estimate of drug-likeness (QED) is 0.179. The Balaban J connectivity index is 1.11. The zero-order chi connectivity index (χ0) is 32.3. The highest BCUT2D eigenvalue weighted by atomic mass is 15.0. The first-order valence-corrected chi connectivity index (χ1v) is 16.8. The summed E-state index contributed by atoms with van der Waals surface area (Å²) in [5.41, 5.74) is 11.5. The van der Waals surface area contributed by atoms with Crippen LogP contribution < -0.4 is 0 Å². The van der Waals surface area contributed by atoms with Crippen LogP contribution >= 0.6 is 0 Å². The number of para-hydroxylation sites is 2. The van der Waals surface area contributed by atoms with Crippen LogP contribution in [-0.4, -0.2) is 9.55 Å². The van der Waals surface area contributed by atoms with Gasteiger partial charge in [-0.3, -0.25) is 0 Å². The Morgan fingerprint density at radius 1 is 0.367 bits per heavy atom. The van der Waals surface area contributed by atoms with E-state index in [-0.39, 0.29) is 0 Å². The fourth-order valence-electron chi connectivity index (χ4n) is 7.73. The van der Waals surface area contributed by atoms with Gasteiger partial charge in [-0.2, -0.15) is 0 Å². The van der Waals surface area contributed by atoms with Gasteiger partial charge >= 0.3 is 0 Å². The van der Waals surface area contributed by atoms with Crippen LogP contribution in [0.3, 0.4) is 0 Å². The molecule has 0 aliphatic rings. The van der Waals surface area contributed by atoms with Crippen molar-refractivity contribution in [3.8, 4) is 39.2 Å². The molecule has 0 fully saturated rings. The van der Waals surface area contributed by atoms with Crippen LogP contribution in [0, 0.1) is 0 Å². The van der Waals surface area contributed by atoms with Crippen molar-refractivity contribution in [1.82, 2.24) is 9.55 Å². The Hall–Kier alpha value is -6.51. The predicted octanol–water partition coefficient (Wildman–Crippen LogP) is 12.6. The summed E-state index contributed by atoms with van der Waals surface area (Å²) in [5.74, 6) is 0. The summed E-state index contributed by atoms with van der Waals surface area (Å²) >= 11 is 0.